The van der Waals surface area contributed by atoms with Crippen molar-refractivity contribution in [2.45, 2.75) is 52.4 Å². The lowest BCUT2D eigenvalue weighted by Gasteiger charge is -2.23. The molecule has 1 atom stereocenters. The van der Waals surface area contributed by atoms with Crippen molar-refractivity contribution in [1.82, 2.24) is 14.9 Å². The lowest BCUT2D eigenvalue weighted by atomic mass is 9.96. The highest BCUT2D eigenvalue weighted by Gasteiger charge is 2.20. The van der Waals surface area contributed by atoms with Crippen molar-refractivity contribution in [2.24, 2.45) is 5.92 Å². The number of thiophene rings is 1. The number of aryl methyl sites for hydroxylation is 2. The molecule has 0 saturated carbocycles. The van der Waals surface area contributed by atoms with Gasteiger partial charge in [-0.1, -0.05) is 55.9 Å². The molecule has 0 spiro atoms. The van der Waals surface area contributed by atoms with Gasteiger partial charge in [0.1, 0.15) is 4.83 Å². The van der Waals surface area contributed by atoms with Crippen LogP contribution in [0, 0.1) is 19.8 Å². The van der Waals surface area contributed by atoms with E-state index < -0.39 is 0 Å². The summed E-state index contributed by atoms with van der Waals surface area (Å²) in [7, 11) is 0. The number of amides is 1. The molecular weight excluding hydrogens is 402 g/mol. The van der Waals surface area contributed by atoms with Gasteiger partial charge in [0.25, 0.3) is 5.56 Å². The van der Waals surface area contributed by atoms with E-state index in [1.165, 1.54) is 23.1 Å². The normalized spacial score (nSPS) is 12.5. The maximum Gasteiger partial charge on any atom is 0.263 e. The third-order valence-electron chi connectivity index (χ3n) is 5.04. The molecule has 0 radical (unpaired) electrons. The number of thioether (sulfide) groups is 1. The molecule has 3 rings (SSSR count). The second-order valence-corrected chi connectivity index (χ2v) is 9.54. The molecule has 2 aromatic heterocycles. The van der Waals surface area contributed by atoms with E-state index in [0.29, 0.717) is 17.1 Å². The van der Waals surface area contributed by atoms with E-state index >= 15 is 0 Å². The van der Waals surface area contributed by atoms with Crippen molar-refractivity contribution >= 4 is 39.2 Å². The lowest BCUT2D eigenvalue weighted by Crippen LogP contribution is -2.33. The Morgan fingerprint density at radius 3 is 2.55 bits per heavy atom. The fourth-order valence-corrected chi connectivity index (χ4v) is 5.28. The summed E-state index contributed by atoms with van der Waals surface area (Å²) in [6.07, 6.45) is 0. The summed E-state index contributed by atoms with van der Waals surface area (Å²) in [5.74, 6) is 0.428. The monoisotopic (exact) mass is 429 g/mol. The Bertz CT molecular complexity index is 1070. The number of aromatic nitrogens is 2. The Balaban J connectivity index is 1.79. The molecule has 0 aliphatic carbocycles. The number of nitrogens with one attached hydrogen (secondary N) is 1. The average Bonchev–Trinajstić information content (AvgIpc) is 2.98. The minimum absolute atomic E-state index is 0.0217. The first-order chi connectivity index (χ1) is 13.8. The number of rotatable bonds is 7. The molecule has 3 aromatic rings. The Labute approximate surface area is 179 Å². The average molecular weight is 430 g/mol. The van der Waals surface area contributed by atoms with Crippen LogP contribution < -0.4 is 10.9 Å². The Morgan fingerprint density at radius 1 is 1.24 bits per heavy atom. The molecule has 7 heteroatoms. The Morgan fingerprint density at radius 2 is 1.93 bits per heavy atom. The van der Waals surface area contributed by atoms with E-state index in [-0.39, 0.29) is 29.2 Å². The highest BCUT2D eigenvalue weighted by Crippen LogP contribution is 2.28. The van der Waals surface area contributed by atoms with E-state index in [4.69, 9.17) is 4.98 Å². The molecule has 1 unspecified atom stereocenters. The van der Waals surface area contributed by atoms with E-state index in [1.54, 1.807) is 4.57 Å². The highest BCUT2D eigenvalue weighted by atomic mass is 32.2. The third kappa shape index (κ3) is 4.56. The molecule has 0 saturated heterocycles. The summed E-state index contributed by atoms with van der Waals surface area (Å²) in [4.78, 5) is 32.1. The van der Waals surface area contributed by atoms with E-state index in [1.807, 2.05) is 51.1 Å². The summed E-state index contributed by atoms with van der Waals surface area (Å²) >= 11 is 2.85. The Kier molecular flexibility index (Phi) is 6.80. The van der Waals surface area contributed by atoms with Crippen LogP contribution in [-0.4, -0.2) is 21.2 Å². The predicted molar refractivity (Wildman–Crippen MR) is 122 cm³/mol. The first kappa shape index (κ1) is 21.6. The molecule has 1 amide bonds. The molecular formula is C22H27N3O2S2. The number of carbonyl (C=O) groups excluding carboxylic acids is 1. The first-order valence-corrected chi connectivity index (χ1v) is 11.6. The molecule has 0 aliphatic heterocycles. The van der Waals surface area contributed by atoms with Gasteiger partial charge in [0.2, 0.25) is 5.91 Å². The van der Waals surface area contributed by atoms with Crippen LogP contribution >= 0.6 is 23.1 Å². The van der Waals surface area contributed by atoms with E-state index in [2.05, 4.69) is 19.2 Å². The third-order valence-corrected chi connectivity index (χ3v) is 7.12. The molecule has 1 aromatic carbocycles. The summed E-state index contributed by atoms with van der Waals surface area (Å²) in [5, 5.41) is 4.43. The molecule has 0 aliphatic rings. The molecule has 5 nitrogen and oxygen atoms in total. The zero-order valence-electron chi connectivity index (χ0n) is 17.5. The number of nitrogens with zero attached hydrogens (tertiary/aromatic N) is 2. The fourth-order valence-electron chi connectivity index (χ4n) is 3.34. The van der Waals surface area contributed by atoms with Crippen LogP contribution in [0.1, 0.15) is 42.8 Å². The van der Waals surface area contributed by atoms with Crippen LogP contribution in [0.25, 0.3) is 10.2 Å². The van der Waals surface area contributed by atoms with Crippen molar-refractivity contribution in [3.05, 3.63) is 56.7 Å². The highest BCUT2D eigenvalue weighted by molar-refractivity contribution is 7.99. The quantitative estimate of drug-likeness (QED) is 0.437. The van der Waals surface area contributed by atoms with Gasteiger partial charge in [-0.3, -0.25) is 14.2 Å². The Hall–Kier alpha value is -2.12. The van der Waals surface area contributed by atoms with Crippen LogP contribution in [-0.2, 0) is 11.3 Å². The maximum absolute atomic E-state index is 12.9. The fraction of sp³-hybridized carbons (Fsp3) is 0.409. The summed E-state index contributed by atoms with van der Waals surface area (Å²) in [6, 6.07) is 9.95. The topological polar surface area (TPSA) is 64.0 Å². The molecule has 29 heavy (non-hydrogen) atoms. The maximum atomic E-state index is 12.9. The van der Waals surface area contributed by atoms with Crippen LogP contribution in [0.3, 0.4) is 0 Å². The number of hydrogen-bond donors (Lipinski definition) is 1. The zero-order valence-corrected chi connectivity index (χ0v) is 19.1. The van der Waals surface area contributed by atoms with Crippen molar-refractivity contribution in [3.8, 4) is 0 Å². The number of carbonyl (C=O) groups is 1. The molecule has 2 heterocycles. The zero-order chi connectivity index (χ0) is 21.1. The molecule has 154 valence electrons. The van der Waals surface area contributed by atoms with Gasteiger partial charge in [-0.2, -0.15) is 0 Å². The molecule has 0 bridgehead atoms. The summed E-state index contributed by atoms with van der Waals surface area (Å²) in [5.41, 5.74) is 2.07. The van der Waals surface area contributed by atoms with Crippen LogP contribution in [0.2, 0.25) is 0 Å². The van der Waals surface area contributed by atoms with Gasteiger partial charge in [0, 0.05) is 11.4 Å². The summed E-state index contributed by atoms with van der Waals surface area (Å²) in [6.45, 7) is 10.6. The standard InChI is InChI=1S/C22H27N3O2S2/c1-6-25-21(27)18-14(4)15(5)29-20(18)24-22(25)28-12-17(26)23-19(13(2)3)16-10-8-7-9-11-16/h7-11,13,19H,6,12H2,1-5H3,(H,23,26). The molecule has 1 N–H and O–H groups in total. The van der Waals surface area contributed by atoms with Gasteiger partial charge in [-0.25, -0.2) is 4.98 Å². The van der Waals surface area contributed by atoms with Gasteiger partial charge in [0.15, 0.2) is 5.16 Å². The van der Waals surface area contributed by atoms with Gasteiger partial charge >= 0.3 is 0 Å². The van der Waals surface area contributed by atoms with Gasteiger partial charge in [-0.15, -0.1) is 11.3 Å². The largest absolute Gasteiger partial charge is 0.348 e. The van der Waals surface area contributed by atoms with E-state index in [0.717, 1.165) is 20.8 Å². The smallest absolute Gasteiger partial charge is 0.263 e. The second-order valence-electron chi connectivity index (χ2n) is 7.40. The number of hydrogen-bond acceptors (Lipinski definition) is 5. The SMILES string of the molecule is CCn1c(SCC(=O)NC(c2ccccc2)C(C)C)nc2sc(C)c(C)c2c1=O. The number of benzene rings is 1. The van der Waals surface area contributed by atoms with Crippen LogP contribution in [0.5, 0.6) is 0 Å². The van der Waals surface area contributed by atoms with Crippen molar-refractivity contribution in [1.29, 1.82) is 0 Å². The second kappa shape index (κ2) is 9.13. The van der Waals surface area contributed by atoms with Gasteiger partial charge in [-0.05, 0) is 37.8 Å². The predicted octanol–water partition coefficient (Wildman–Crippen LogP) is 4.70. The van der Waals surface area contributed by atoms with Crippen molar-refractivity contribution < 1.29 is 4.79 Å². The minimum atomic E-state index is -0.0620. The van der Waals surface area contributed by atoms with Gasteiger partial charge in [0.05, 0.1) is 17.2 Å². The minimum Gasteiger partial charge on any atom is -0.348 e. The van der Waals surface area contributed by atoms with Crippen LogP contribution in [0.4, 0.5) is 0 Å². The molecule has 0 fully saturated rings. The number of fused-ring (bicyclic) bond motifs is 1. The van der Waals surface area contributed by atoms with E-state index in [9.17, 15) is 9.59 Å². The summed E-state index contributed by atoms with van der Waals surface area (Å²) < 4.78 is 1.66. The first-order valence-electron chi connectivity index (χ1n) is 9.81. The van der Waals surface area contributed by atoms with Crippen molar-refractivity contribution in [3.63, 3.8) is 0 Å². The van der Waals surface area contributed by atoms with Crippen LogP contribution in [0.15, 0.2) is 40.3 Å². The van der Waals surface area contributed by atoms with Gasteiger partial charge < -0.3 is 5.32 Å². The lowest BCUT2D eigenvalue weighted by molar-refractivity contribution is -0.119. The van der Waals surface area contributed by atoms with Crippen molar-refractivity contribution in [2.75, 3.05) is 5.75 Å².